The molecule has 0 unspecified atom stereocenters. The number of pyridine rings is 1. The molecule has 0 aliphatic carbocycles. The molecule has 0 spiro atoms. The summed E-state index contributed by atoms with van der Waals surface area (Å²) in [6.45, 7) is 5.40. The van der Waals surface area contributed by atoms with Crippen molar-refractivity contribution in [2.75, 3.05) is 11.1 Å². The number of hydrogen-bond acceptors (Lipinski definition) is 7. The number of aromatic nitrogens is 1. The maximum absolute atomic E-state index is 12.7. The molecule has 0 bridgehead atoms. The molecule has 0 aromatic carbocycles. The zero-order valence-corrected chi connectivity index (χ0v) is 16.1. The minimum Gasteiger partial charge on any atom is -0.390 e. The summed E-state index contributed by atoms with van der Waals surface area (Å²) in [4.78, 5) is 25.9. The van der Waals surface area contributed by atoms with E-state index in [1.807, 2.05) is 13.8 Å². The topological polar surface area (TPSA) is 121 Å². The molecule has 2 heterocycles. The maximum atomic E-state index is 12.7. The number of rotatable bonds is 6. The van der Waals surface area contributed by atoms with Gasteiger partial charge in [0.2, 0.25) is 6.41 Å². The van der Waals surface area contributed by atoms with Crippen molar-refractivity contribution in [3.05, 3.63) is 35.0 Å². The maximum Gasteiger partial charge on any atom is 0.259 e. The summed E-state index contributed by atoms with van der Waals surface area (Å²) in [6.07, 6.45) is 3.49. The Hall–Kier alpha value is -2.46. The Labute approximate surface area is 159 Å². The fraction of sp³-hybridized carbons (Fsp3) is 0.250. The monoisotopic (exact) mass is 397 g/mol. The number of nitrogen functional groups attached to an aromatic ring is 1. The largest absolute Gasteiger partial charge is 0.390 e. The predicted octanol–water partition coefficient (Wildman–Crippen LogP) is 3.48. The number of thiophene rings is 1. The standard InChI is InChI=1S/C12H11FN4OS2.C4H9NO/c1-6(14)7-5-19-11(15)10(7)12(18)17-8-4-16-3-2-9(8)20-13;1-4(2)5-3-6/h2-5,14H,15H2,1H3,(H,17,18);3-4H,1-2H3,(H,5,6). The number of anilines is 2. The molecule has 2 rings (SSSR count). The summed E-state index contributed by atoms with van der Waals surface area (Å²) in [5.74, 6) is -0.478. The van der Waals surface area contributed by atoms with E-state index in [0.717, 1.165) is 0 Å². The van der Waals surface area contributed by atoms with Crippen molar-refractivity contribution in [3.8, 4) is 0 Å². The molecule has 0 saturated heterocycles. The van der Waals surface area contributed by atoms with Crippen LogP contribution in [0.4, 0.5) is 14.6 Å². The van der Waals surface area contributed by atoms with Crippen molar-refractivity contribution in [1.29, 1.82) is 5.41 Å². The molecule has 26 heavy (non-hydrogen) atoms. The lowest BCUT2D eigenvalue weighted by Gasteiger charge is -2.08. The van der Waals surface area contributed by atoms with E-state index < -0.39 is 5.91 Å². The second-order valence-corrected chi connectivity index (χ2v) is 6.86. The summed E-state index contributed by atoms with van der Waals surface area (Å²) in [5, 5.41) is 14.7. The van der Waals surface area contributed by atoms with Crippen molar-refractivity contribution >= 4 is 52.2 Å². The summed E-state index contributed by atoms with van der Waals surface area (Å²) >= 11 is 1.21. The number of hydrogen-bond donors (Lipinski definition) is 4. The summed E-state index contributed by atoms with van der Waals surface area (Å²) in [7, 11) is 0. The van der Waals surface area contributed by atoms with Crippen molar-refractivity contribution in [2.24, 2.45) is 0 Å². The second-order valence-electron chi connectivity index (χ2n) is 5.36. The van der Waals surface area contributed by atoms with Gasteiger partial charge in [-0.2, -0.15) is 3.89 Å². The van der Waals surface area contributed by atoms with Gasteiger partial charge in [-0.05, 0) is 26.8 Å². The quantitative estimate of drug-likeness (QED) is 0.439. The number of nitrogens with two attached hydrogens (primary N) is 1. The van der Waals surface area contributed by atoms with Crippen LogP contribution in [0.1, 0.15) is 36.7 Å². The first-order chi connectivity index (χ1) is 12.3. The summed E-state index contributed by atoms with van der Waals surface area (Å²) < 4.78 is 12.7. The molecule has 0 radical (unpaired) electrons. The third kappa shape index (κ3) is 6.12. The minimum atomic E-state index is -0.478. The zero-order chi connectivity index (χ0) is 19.7. The van der Waals surface area contributed by atoms with Crippen LogP contribution in [0, 0.1) is 5.41 Å². The van der Waals surface area contributed by atoms with E-state index in [4.69, 9.17) is 11.1 Å². The lowest BCUT2D eigenvalue weighted by Crippen LogP contribution is -2.19. The number of carbonyl (C=O) groups excluding carboxylic acids is 2. The van der Waals surface area contributed by atoms with Crippen LogP contribution in [-0.4, -0.2) is 29.1 Å². The van der Waals surface area contributed by atoms with Crippen molar-refractivity contribution < 1.29 is 13.5 Å². The van der Waals surface area contributed by atoms with Crippen LogP contribution in [0.3, 0.4) is 0 Å². The van der Waals surface area contributed by atoms with E-state index in [1.165, 1.54) is 29.8 Å². The van der Waals surface area contributed by atoms with Crippen LogP contribution in [0.2, 0.25) is 0 Å². The molecule has 0 aliphatic heterocycles. The first-order valence-corrected chi connectivity index (χ1v) is 9.07. The normalized spacial score (nSPS) is 9.88. The Morgan fingerprint density at radius 3 is 2.69 bits per heavy atom. The van der Waals surface area contributed by atoms with Gasteiger partial charge in [0.05, 0.1) is 39.5 Å². The van der Waals surface area contributed by atoms with Gasteiger partial charge >= 0.3 is 0 Å². The highest BCUT2D eigenvalue weighted by Gasteiger charge is 2.19. The Bertz CT molecular complexity index is 780. The minimum absolute atomic E-state index is 0.0237. The zero-order valence-electron chi connectivity index (χ0n) is 14.5. The molecule has 0 atom stereocenters. The lowest BCUT2D eigenvalue weighted by molar-refractivity contribution is -0.109. The molecule has 2 aromatic rings. The Morgan fingerprint density at radius 2 is 2.19 bits per heavy atom. The molecule has 5 N–H and O–H groups in total. The van der Waals surface area contributed by atoms with Gasteiger partial charge in [0, 0.05) is 28.9 Å². The lowest BCUT2D eigenvalue weighted by atomic mass is 10.1. The summed E-state index contributed by atoms with van der Waals surface area (Å²) in [6, 6.07) is 1.74. The number of amides is 2. The number of nitrogens with one attached hydrogen (secondary N) is 3. The fourth-order valence-electron chi connectivity index (χ4n) is 1.75. The molecule has 10 heteroatoms. The van der Waals surface area contributed by atoms with E-state index >= 15 is 0 Å². The number of carbonyl (C=O) groups is 2. The van der Waals surface area contributed by atoms with E-state index in [2.05, 4.69) is 15.6 Å². The highest BCUT2D eigenvalue weighted by Crippen LogP contribution is 2.30. The predicted molar refractivity (Wildman–Crippen MR) is 105 cm³/mol. The SMILES string of the molecule is CC(=N)c1csc(N)c1C(=O)Nc1cnccc1SF.CC(C)NC=O. The molecule has 7 nitrogen and oxygen atoms in total. The molecule has 2 amide bonds. The Balaban J connectivity index is 0.000000487. The van der Waals surface area contributed by atoms with E-state index in [0.29, 0.717) is 17.0 Å². The van der Waals surface area contributed by atoms with Crippen molar-refractivity contribution in [2.45, 2.75) is 31.7 Å². The van der Waals surface area contributed by atoms with Gasteiger partial charge in [-0.25, -0.2) is 0 Å². The van der Waals surface area contributed by atoms with E-state index in [9.17, 15) is 13.5 Å². The molecular weight excluding hydrogens is 377 g/mol. The van der Waals surface area contributed by atoms with Gasteiger partial charge < -0.3 is 21.8 Å². The molecule has 0 aliphatic rings. The molecule has 140 valence electrons. The molecule has 0 saturated carbocycles. The van der Waals surface area contributed by atoms with Crippen LogP contribution in [0.25, 0.3) is 0 Å². The van der Waals surface area contributed by atoms with Crippen molar-refractivity contribution in [3.63, 3.8) is 0 Å². The van der Waals surface area contributed by atoms with Gasteiger partial charge in [-0.3, -0.25) is 14.6 Å². The van der Waals surface area contributed by atoms with Crippen LogP contribution in [0.15, 0.2) is 28.7 Å². The fourth-order valence-corrected chi connectivity index (χ4v) is 2.91. The third-order valence-electron chi connectivity index (χ3n) is 2.96. The van der Waals surface area contributed by atoms with Gasteiger partial charge in [-0.1, -0.05) is 0 Å². The van der Waals surface area contributed by atoms with Crippen LogP contribution < -0.4 is 16.4 Å². The highest BCUT2D eigenvalue weighted by atomic mass is 32.2. The smallest absolute Gasteiger partial charge is 0.259 e. The van der Waals surface area contributed by atoms with Crippen LogP contribution in [0.5, 0.6) is 0 Å². The van der Waals surface area contributed by atoms with Crippen LogP contribution in [-0.2, 0) is 4.79 Å². The molecular formula is C16H20FN5O2S2. The Kier molecular flexibility index (Phi) is 8.73. The number of nitrogens with zero attached hydrogens (tertiary/aromatic N) is 1. The average Bonchev–Trinajstić information content (AvgIpc) is 2.97. The van der Waals surface area contributed by atoms with Crippen LogP contribution >= 0.6 is 23.5 Å². The molecule has 0 fully saturated rings. The van der Waals surface area contributed by atoms with E-state index in [-0.39, 0.29) is 40.0 Å². The van der Waals surface area contributed by atoms with E-state index in [1.54, 1.807) is 12.3 Å². The third-order valence-corrected chi connectivity index (χ3v) is 4.30. The first kappa shape index (κ1) is 21.6. The van der Waals surface area contributed by atoms with Gasteiger partial charge in [0.15, 0.2) is 0 Å². The second kappa shape index (κ2) is 10.5. The highest BCUT2D eigenvalue weighted by molar-refractivity contribution is 7.94. The average molecular weight is 398 g/mol. The van der Waals surface area contributed by atoms with Gasteiger partial charge in [0.1, 0.15) is 0 Å². The van der Waals surface area contributed by atoms with Crippen molar-refractivity contribution in [1.82, 2.24) is 10.3 Å². The van der Waals surface area contributed by atoms with Gasteiger partial charge in [-0.15, -0.1) is 11.3 Å². The number of halogens is 1. The Morgan fingerprint density at radius 1 is 1.50 bits per heavy atom. The van der Waals surface area contributed by atoms with Gasteiger partial charge in [0.25, 0.3) is 5.91 Å². The summed E-state index contributed by atoms with van der Waals surface area (Å²) in [5.41, 5.74) is 7.00. The first-order valence-electron chi connectivity index (χ1n) is 7.47. The molecule has 2 aromatic heterocycles.